The smallest absolute Gasteiger partial charge is 0.335 e. The van der Waals surface area contributed by atoms with E-state index in [1.54, 1.807) is 36.7 Å². The van der Waals surface area contributed by atoms with Gasteiger partial charge in [0.2, 0.25) is 0 Å². The van der Waals surface area contributed by atoms with E-state index in [9.17, 15) is 19.8 Å². The number of aromatic carboxylic acids is 2. The number of hydrogen-bond donors (Lipinski definition) is 4. The van der Waals surface area contributed by atoms with Crippen LogP contribution < -0.4 is 20.1 Å². The summed E-state index contributed by atoms with van der Waals surface area (Å²) in [4.78, 5) is 33.1. The summed E-state index contributed by atoms with van der Waals surface area (Å²) in [6.45, 7) is 3.00. The lowest BCUT2D eigenvalue weighted by molar-refractivity contribution is 0.0272. The van der Waals surface area contributed by atoms with Crippen molar-refractivity contribution in [3.8, 4) is 33.8 Å². The van der Waals surface area contributed by atoms with Gasteiger partial charge >= 0.3 is 11.9 Å². The zero-order chi connectivity index (χ0) is 44.1. The van der Waals surface area contributed by atoms with Gasteiger partial charge < -0.3 is 39.8 Å². The molecule has 0 radical (unpaired) electrons. The first-order valence-corrected chi connectivity index (χ1v) is 20.9. The van der Waals surface area contributed by atoms with Crippen LogP contribution in [0.3, 0.4) is 0 Å². The lowest BCUT2D eigenvalue weighted by Crippen LogP contribution is -2.14. The number of pyridine rings is 2. The van der Waals surface area contributed by atoms with E-state index in [1.807, 2.05) is 121 Å². The number of nitrogens with zero attached hydrogens (tertiary/aromatic N) is 2. The summed E-state index contributed by atoms with van der Waals surface area (Å²) in [5, 5.41) is 28.5. The molecule has 2 heterocycles. The van der Waals surface area contributed by atoms with Gasteiger partial charge in [0.05, 0.1) is 48.6 Å². The van der Waals surface area contributed by atoms with E-state index in [2.05, 4.69) is 20.6 Å². The largest absolute Gasteiger partial charge is 0.491 e. The molecule has 0 aliphatic carbocycles. The van der Waals surface area contributed by atoms with Crippen molar-refractivity contribution in [2.45, 2.75) is 13.1 Å². The molecule has 64 heavy (non-hydrogen) atoms. The molecule has 0 spiro atoms. The third kappa shape index (κ3) is 10.8. The number of carbonyl (C=O) groups is 2. The van der Waals surface area contributed by atoms with E-state index in [0.717, 1.165) is 55.2 Å². The van der Waals surface area contributed by atoms with Gasteiger partial charge in [0.15, 0.2) is 0 Å². The summed E-state index contributed by atoms with van der Waals surface area (Å²) >= 11 is 0. The molecule has 322 valence electrons. The number of anilines is 2. The molecule has 0 bridgehead atoms. The Kier molecular flexibility index (Phi) is 14.0. The summed E-state index contributed by atoms with van der Waals surface area (Å²) in [7, 11) is 0. The van der Waals surface area contributed by atoms with Gasteiger partial charge in [-0.15, -0.1) is 0 Å². The van der Waals surface area contributed by atoms with Crippen LogP contribution in [-0.2, 0) is 22.6 Å². The topological polar surface area (TPSA) is 161 Å². The van der Waals surface area contributed by atoms with Crippen molar-refractivity contribution in [2.24, 2.45) is 0 Å². The average molecular weight is 855 g/mol. The Labute approximate surface area is 370 Å². The Balaban J connectivity index is 0.769. The summed E-state index contributed by atoms with van der Waals surface area (Å²) in [6.07, 6.45) is 3.47. The van der Waals surface area contributed by atoms with Crippen LogP contribution in [0.25, 0.3) is 44.1 Å². The highest BCUT2D eigenvalue weighted by Crippen LogP contribution is 2.33. The molecule has 8 rings (SSSR count). The van der Waals surface area contributed by atoms with Crippen LogP contribution >= 0.6 is 0 Å². The second kappa shape index (κ2) is 20.8. The number of ether oxygens (including phenoxy) is 4. The van der Waals surface area contributed by atoms with Crippen molar-refractivity contribution in [3.05, 3.63) is 180 Å². The van der Waals surface area contributed by atoms with Crippen molar-refractivity contribution < 1.29 is 38.7 Å². The van der Waals surface area contributed by atoms with Crippen LogP contribution in [0.5, 0.6) is 11.5 Å². The first kappa shape index (κ1) is 42.9. The molecular formula is C52H46N4O8. The fourth-order valence-corrected chi connectivity index (χ4v) is 7.43. The Hall–Kier alpha value is -7.80. The molecule has 12 nitrogen and oxygen atoms in total. The van der Waals surface area contributed by atoms with Crippen LogP contribution in [0, 0.1) is 0 Å². The van der Waals surface area contributed by atoms with Crippen LogP contribution in [0.2, 0.25) is 0 Å². The van der Waals surface area contributed by atoms with Crippen LogP contribution in [-0.4, -0.2) is 71.8 Å². The second-order valence-corrected chi connectivity index (χ2v) is 14.8. The summed E-state index contributed by atoms with van der Waals surface area (Å²) < 4.78 is 23.7. The monoisotopic (exact) mass is 854 g/mol. The van der Waals surface area contributed by atoms with Crippen molar-refractivity contribution in [1.82, 2.24) is 9.97 Å². The molecule has 0 amide bonds. The van der Waals surface area contributed by atoms with Gasteiger partial charge in [-0.3, -0.25) is 9.97 Å². The van der Waals surface area contributed by atoms with E-state index in [4.69, 9.17) is 18.9 Å². The zero-order valence-electron chi connectivity index (χ0n) is 34.9. The van der Waals surface area contributed by atoms with E-state index in [1.165, 1.54) is 0 Å². The molecule has 0 saturated carbocycles. The molecule has 0 aliphatic rings. The maximum Gasteiger partial charge on any atom is 0.335 e. The predicted molar refractivity (Wildman–Crippen MR) is 248 cm³/mol. The number of fused-ring (bicyclic) bond motifs is 2. The maximum absolute atomic E-state index is 12.1. The molecule has 6 aromatic carbocycles. The van der Waals surface area contributed by atoms with Crippen molar-refractivity contribution >= 4 is 45.1 Å². The highest BCUT2D eigenvalue weighted by Gasteiger charge is 2.14. The van der Waals surface area contributed by atoms with Crippen molar-refractivity contribution in [1.29, 1.82) is 0 Å². The van der Waals surface area contributed by atoms with Crippen LogP contribution in [0.1, 0.15) is 31.8 Å². The fourth-order valence-electron chi connectivity index (χ4n) is 7.43. The highest BCUT2D eigenvalue weighted by atomic mass is 16.6. The fraction of sp³-hybridized carbons (Fsp3) is 0.154. The number of carboxylic acids is 2. The number of aromatic nitrogens is 2. The number of benzene rings is 6. The Morgan fingerprint density at radius 1 is 0.469 bits per heavy atom. The maximum atomic E-state index is 12.1. The number of hydrogen-bond acceptors (Lipinski definition) is 10. The molecule has 0 atom stereocenters. The molecule has 0 unspecified atom stereocenters. The van der Waals surface area contributed by atoms with Gasteiger partial charge in [0.25, 0.3) is 0 Å². The highest BCUT2D eigenvalue weighted by molar-refractivity contribution is 5.99. The summed E-state index contributed by atoms with van der Waals surface area (Å²) in [6, 6.07) is 45.3. The van der Waals surface area contributed by atoms with Gasteiger partial charge in [-0.2, -0.15) is 0 Å². The lowest BCUT2D eigenvalue weighted by Gasteiger charge is -2.15. The SMILES string of the molecule is O=C(O)c1cc(NCc2ccccc2OCCOCCOCCOc2ccccc2CNc2cc(C(=O)O)cc(-c3ccnc4ccccc34)c2)cc(-c2ccnc3ccccc23)c1. The van der Waals surface area contributed by atoms with Crippen LogP contribution in [0.4, 0.5) is 11.4 Å². The minimum Gasteiger partial charge on any atom is -0.491 e. The van der Waals surface area contributed by atoms with Gasteiger partial charge in [-0.05, 0) is 95.1 Å². The molecule has 4 N–H and O–H groups in total. The molecule has 8 aromatic rings. The Morgan fingerprint density at radius 3 is 1.33 bits per heavy atom. The molecule has 2 aromatic heterocycles. The Bertz CT molecular complexity index is 2700. The van der Waals surface area contributed by atoms with Crippen molar-refractivity contribution in [3.63, 3.8) is 0 Å². The van der Waals surface area contributed by atoms with E-state index in [0.29, 0.717) is 75.6 Å². The third-order valence-electron chi connectivity index (χ3n) is 10.5. The van der Waals surface area contributed by atoms with E-state index >= 15 is 0 Å². The van der Waals surface area contributed by atoms with Gasteiger partial charge in [-0.1, -0.05) is 72.8 Å². The second-order valence-electron chi connectivity index (χ2n) is 14.8. The molecule has 0 aliphatic heterocycles. The first-order chi connectivity index (χ1) is 31.4. The molecule has 0 fully saturated rings. The van der Waals surface area contributed by atoms with Gasteiger partial charge in [0.1, 0.15) is 24.7 Å². The minimum absolute atomic E-state index is 0.183. The number of rotatable bonds is 21. The number of carboxylic acid groups (broad SMARTS) is 2. The van der Waals surface area contributed by atoms with Crippen LogP contribution in [0.15, 0.2) is 158 Å². The molecular weight excluding hydrogens is 809 g/mol. The quantitative estimate of drug-likeness (QED) is 0.0507. The predicted octanol–water partition coefficient (Wildman–Crippen LogP) is 10.2. The minimum atomic E-state index is -1.01. The van der Waals surface area contributed by atoms with E-state index in [-0.39, 0.29) is 11.1 Å². The number of para-hydroxylation sites is 4. The molecule has 0 saturated heterocycles. The number of nitrogens with one attached hydrogen (secondary N) is 2. The zero-order valence-corrected chi connectivity index (χ0v) is 34.9. The summed E-state index contributed by atoms with van der Waals surface area (Å²) in [5.74, 6) is -0.609. The van der Waals surface area contributed by atoms with Gasteiger partial charge in [0, 0.05) is 58.8 Å². The van der Waals surface area contributed by atoms with Gasteiger partial charge in [-0.25, -0.2) is 9.59 Å². The third-order valence-corrected chi connectivity index (χ3v) is 10.5. The normalized spacial score (nSPS) is 11.1. The van der Waals surface area contributed by atoms with E-state index < -0.39 is 11.9 Å². The summed E-state index contributed by atoms with van der Waals surface area (Å²) in [5.41, 5.74) is 8.58. The van der Waals surface area contributed by atoms with Crippen molar-refractivity contribution in [2.75, 3.05) is 50.3 Å². The lowest BCUT2D eigenvalue weighted by atomic mass is 9.98. The molecule has 12 heteroatoms. The first-order valence-electron chi connectivity index (χ1n) is 20.9. The standard InChI is InChI=1S/C52H46N4O8/c57-51(58)39-27-37(43-17-19-53-47-13-5-3-11-45(43)47)29-41(31-39)55-33-35-9-1-7-15-49(35)63-25-23-61-21-22-62-24-26-64-50-16-8-2-10-36(50)34-56-42-30-38(28-40(32-42)52(59)60)44-18-20-54-48-14-6-4-12-46(44)48/h1-20,27-32,55-56H,21-26,33-34H2,(H,57,58)(H,59,60). The Morgan fingerprint density at radius 2 is 0.875 bits per heavy atom. The average Bonchev–Trinajstić information content (AvgIpc) is 3.33.